The summed E-state index contributed by atoms with van der Waals surface area (Å²) in [7, 11) is 0. The zero-order valence-electron chi connectivity index (χ0n) is 21.0. The molecule has 2 amide bonds. The molecule has 37 heavy (non-hydrogen) atoms. The number of rotatable bonds is 9. The highest BCUT2D eigenvalue weighted by Crippen LogP contribution is 2.40. The molecule has 2 aliphatic rings. The van der Waals surface area contributed by atoms with E-state index in [9.17, 15) is 14.4 Å². The van der Waals surface area contributed by atoms with Gasteiger partial charge in [0.25, 0.3) is 11.8 Å². The number of nitrogens with one attached hydrogen (secondary N) is 2. The first-order valence-corrected chi connectivity index (χ1v) is 13.1. The van der Waals surface area contributed by atoms with E-state index in [1.165, 1.54) is 13.3 Å². The van der Waals surface area contributed by atoms with Gasteiger partial charge in [0.1, 0.15) is 11.5 Å². The Balaban J connectivity index is 1.32. The van der Waals surface area contributed by atoms with Crippen molar-refractivity contribution in [3.8, 4) is 0 Å². The van der Waals surface area contributed by atoms with Crippen LogP contribution in [0.25, 0.3) is 0 Å². The number of Topliss-reactive ketones (excluding diaryl/α,β-unsaturated/α-hetero) is 1. The average Bonchev–Trinajstić information content (AvgIpc) is 3.64. The quantitative estimate of drug-likeness (QED) is 0.408. The number of benzene rings is 1. The highest BCUT2D eigenvalue weighted by molar-refractivity contribution is 6.04. The zero-order chi connectivity index (χ0) is 25.8. The van der Waals surface area contributed by atoms with E-state index in [-0.39, 0.29) is 36.0 Å². The number of aromatic nitrogens is 2. The first-order valence-electron chi connectivity index (χ1n) is 13.1. The molecule has 0 aliphatic heterocycles. The summed E-state index contributed by atoms with van der Waals surface area (Å²) in [6.07, 6.45) is 9.46. The predicted molar refractivity (Wildman–Crippen MR) is 138 cm³/mol. The Hall–Kier alpha value is -3.81. The normalized spacial score (nSPS) is 16.7. The van der Waals surface area contributed by atoms with Gasteiger partial charge < -0.3 is 15.2 Å². The van der Waals surface area contributed by atoms with E-state index in [0.717, 1.165) is 49.8 Å². The van der Waals surface area contributed by atoms with Gasteiger partial charge in [0.2, 0.25) is 0 Å². The first-order chi connectivity index (χ1) is 18.0. The molecule has 1 atom stereocenters. The fraction of sp³-hybridized carbons (Fsp3) is 0.414. The van der Waals surface area contributed by atoms with E-state index >= 15 is 0 Å². The molecule has 0 spiro atoms. The summed E-state index contributed by atoms with van der Waals surface area (Å²) in [5.74, 6) is 0.970. The third kappa shape index (κ3) is 6.31. The van der Waals surface area contributed by atoms with Crippen molar-refractivity contribution >= 4 is 23.3 Å². The maximum absolute atomic E-state index is 13.1. The molecule has 0 saturated heterocycles. The summed E-state index contributed by atoms with van der Waals surface area (Å²) in [6, 6.07) is 12.4. The first kappa shape index (κ1) is 24.9. The number of carbonyl (C=O) groups excluding carboxylic acids is 3. The number of carbonyl (C=O) groups is 3. The average molecular weight is 501 g/mol. The van der Waals surface area contributed by atoms with E-state index in [1.54, 1.807) is 30.5 Å². The van der Waals surface area contributed by atoms with Crippen molar-refractivity contribution in [3.05, 3.63) is 76.9 Å². The minimum absolute atomic E-state index is 0.0348. The topological polar surface area (TPSA) is 114 Å². The summed E-state index contributed by atoms with van der Waals surface area (Å²) in [5.41, 5.74) is 2.91. The molecule has 3 aromatic rings. The molecule has 1 unspecified atom stereocenters. The van der Waals surface area contributed by atoms with E-state index in [4.69, 9.17) is 4.52 Å². The van der Waals surface area contributed by atoms with Crippen LogP contribution in [-0.2, 0) is 11.2 Å². The molecule has 2 heterocycles. The van der Waals surface area contributed by atoms with Gasteiger partial charge >= 0.3 is 0 Å². The van der Waals surface area contributed by atoms with Crippen molar-refractivity contribution in [1.29, 1.82) is 0 Å². The fourth-order valence-electron chi connectivity index (χ4n) is 5.05. The second-order valence-corrected chi connectivity index (χ2v) is 10.2. The molecule has 0 radical (unpaired) electrons. The van der Waals surface area contributed by atoms with Gasteiger partial charge in [-0.05, 0) is 68.4 Å². The summed E-state index contributed by atoms with van der Waals surface area (Å²) in [5, 5.41) is 10.1. The van der Waals surface area contributed by atoms with Crippen LogP contribution in [0.5, 0.6) is 0 Å². The Kier molecular flexibility index (Phi) is 7.44. The lowest BCUT2D eigenvalue weighted by Gasteiger charge is -2.31. The van der Waals surface area contributed by atoms with Gasteiger partial charge in [-0.1, -0.05) is 36.6 Å². The highest BCUT2D eigenvalue weighted by Gasteiger charge is 2.31. The number of amides is 2. The molecule has 2 aliphatic carbocycles. The van der Waals surface area contributed by atoms with Crippen molar-refractivity contribution in [2.24, 2.45) is 5.92 Å². The number of nitrogens with zero attached hydrogens (tertiary/aromatic N) is 2. The molecule has 8 nitrogen and oxygen atoms in total. The van der Waals surface area contributed by atoms with Crippen LogP contribution in [0.15, 0.2) is 53.2 Å². The predicted octanol–water partition coefficient (Wildman–Crippen LogP) is 5.38. The van der Waals surface area contributed by atoms with E-state index < -0.39 is 0 Å². The summed E-state index contributed by atoms with van der Waals surface area (Å²) in [4.78, 5) is 41.7. The molecular formula is C29H32N4O4. The summed E-state index contributed by atoms with van der Waals surface area (Å²) < 4.78 is 5.39. The van der Waals surface area contributed by atoms with Crippen LogP contribution in [-0.4, -0.2) is 27.7 Å². The molecule has 0 bridgehead atoms. The van der Waals surface area contributed by atoms with Crippen molar-refractivity contribution in [2.75, 3.05) is 5.32 Å². The molecule has 1 aromatic carbocycles. The molecule has 2 saturated carbocycles. The van der Waals surface area contributed by atoms with Crippen LogP contribution in [0.1, 0.15) is 102 Å². The van der Waals surface area contributed by atoms with Crippen molar-refractivity contribution in [3.63, 3.8) is 0 Å². The van der Waals surface area contributed by atoms with Crippen LogP contribution < -0.4 is 10.6 Å². The summed E-state index contributed by atoms with van der Waals surface area (Å²) >= 11 is 0. The number of hydrogen-bond donors (Lipinski definition) is 2. The Morgan fingerprint density at radius 1 is 1.00 bits per heavy atom. The lowest BCUT2D eigenvalue weighted by molar-refractivity contribution is -0.116. The second-order valence-electron chi connectivity index (χ2n) is 10.2. The van der Waals surface area contributed by atoms with Gasteiger partial charge in [-0.15, -0.1) is 0 Å². The maximum Gasteiger partial charge on any atom is 0.273 e. The molecule has 192 valence electrons. The monoisotopic (exact) mass is 500 g/mol. The summed E-state index contributed by atoms with van der Waals surface area (Å²) in [6.45, 7) is 1.52. The number of ketones is 1. The maximum atomic E-state index is 13.1. The number of pyridine rings is 1. The molecular weight excluding hydrogens is 468 g/mol. The Bertz CT molecular complexity index is 1270. The van der Waals surface area contributed by atoms with Crippen molar-refractivity contribution < 1.29 is 18.9 Å². The Morgan fingerprint density at radius 2 is 1.81 bits per heavy atom. The minimum Gasteiger partial charge on any atom is -0.360 e. The van der Waals surface area contributed by atoms with Gasteiger partial charge in [-0.25, -0.2) is 0 Å². The smallest absolute Gasteiger partial charge is 0.273 e. The number of anilines is 1. The SMILES string of the molecule is CC(=O)Cc1ccc(NC(=O)c2cccc(C(NC(=O)c3cc(C4CC4)on3)C3CCCCC3)c2)cn1. The van der Waals surface area contributed by atoms with Crippen LogP contribution in [0.4, 0.5) is 5.69 Å². The molecule has 2 N–H and O–H groups in total. The molecule has 5 rings (SSSR count). The van der Waals surface area contributed by atoms with Crippen molar-refractivity contribution in [2.45, 2.75) is 70.3 Å². The molecule has 2 fully saturated rings. The lowest BCUT2D eigenvalue weighted by atomic mass is 9.80. The largest absolute Gasteiger partial charge is 0.360 e. The lowest BCUT2D eigenvalue weighted by Crippen LogP contribution is -2.34. The van der Waals surface area contributed by atoms with Gasteiger partial charge in [-0.2, -0.15) is 0 Å². The highest BCUT2D eigenvalue weighted by atomic mass is 16.5. The van der Waals surface area contributed by atoms with Crippen LogP contribution >= 0.6 is 0 Å². The fourth-order valence-corrected chi connectivity index (χ4v) is 5.05. The van der Waals surface area contributed by atoms with Crippen LogP contribution in [0.3, 0.4) is 0 Å². The number of hydrogen-bond acceptors (Lipinski definition) is 6. The van der Waals surface area contributed by atoms with Gasteiger partial charge in [-0.3, -0.25) is 19.4 Å². The third-order valence-electron chi connectivity index (χ3n) is 7.17. The zero-order valence-corrected chi connectivity index (χ0v) is 21.0. The second kappa shape index (κ2) is 11.1. The third-order valence-corrected chi connectivity index (χ3v) is 7.17. The van der Waals surface area contributed by atoms with Crippen LogP contribution in [0, 0.1) is 5.92 Å². The van der Waals surface area contributed by atoms with E-state index in [0.29, 0.717) is 28.6 Å². The van der Waals surface area contributed by atoms with Gasteiger partial charge in [0, 0.05) is 29.7 Å². The van der Waals surface area contributed by atoms with Crippen molar-refractivity contribution in [1.82, 2.24) is 15.5 Å². The molecule has 8 heteroatoms. The Labute approximate surface area is 216 Å². The minimum atomic E-state index is -0.262. The van der Waals surface area contributed by atoms with Crippen LogP contribution in [0.2, 0.25) is 0 Å². The van der Waals surface area contributed by atoms with E-state index in [2.05, 4.69) is 20.8 Å². The van der Waals surface area contributed by atoms with Gasteiger partial charge in [0.15, 0.2) is 5.69 Å². The van der Waals surface area contributed by atoms with E-state index in [1.807, 2.05) is 18.2 Å². The molecule has 2 aromatic heterocycles. The van der Waals surface area contributed by atoms with Gasteiger partial charge in [0.05, 0.1) is 17.9 Å². The standard InChI is InChI=1S/C29H32N4O4/c1-18(34)14-23-12-13-24(17-30-23)31-28(35)22-9-5-8-21(15-22)27(20-6-3-2-4-7-20)32-29(36)25-16-26(37-33-25)19-10-11-19/h5,8-9,12-13,15-17,19-20,27H,2-4,6-7,10-11,14H2,1H3,(H,31,35)(H,32,36). The Morgan fingerprint density at radius 3 is 2.51 bits per heavy atom.